The number of aryl methyl sites for hydroxylation is 1. The molecule has 0 bridgehead atoms. The molecule has 2 rings (SSSR count). The Kier molecular flexibility index (Phi) is 6.80. The standard InChI is InChI=1S/C10H13N4O.BrH.Mg/c1-3-8-5-4-6-9(7-8)14-10(15)13(2)11-12-14;;/h4-8H,3H2,1-2H3;1H;/q-1;;+2/p-1. The number of rotatable bonds is 2. The van der Waals surface area contributed by atoms with Crippen molar-refractivity contribution in [3.63, 3.8) is 0 Å². The summed E-state index contributed by atoms with van der Waals surface area (Å²) in [7, 11) is 1.59. The second kappa shape index (κ2) is 7.02. The van der Waals surface area contributed by atoms with E-state index in [9.17, 15) is 4.79 Å². The van der Waals surface area contributed by atoms with Crippen LogP contribution in [0.5, 0.6) is 0 Å². The predicted molar refractivity (Wildman–Crippen MR) is 62.5 cm³/mol. The molecule has 0 fully saturated rings. The smallest absolute Gasteiger partial charge is 1.00 e. The summed E-state index contributed by atoms with van der Waals surface area (Å²) in [5.74, 6) is 0.374. The van der Waals surface area contributed by atoms with Crippen molar-refractivity contribution in [2.75, 3.05) is 0 Å². The van der Waals surface area contributed by atoms with E-state index in [-0.39, 0.29) is 45.7 Å². The second-order valence-corrected chi connectivity index (χ2v) is 3.51. The van der Waals surface area contributed by atoms with Gasteiger partial charge in [-0.15, -0.1) is 12.2 Å². The number of aromatic nitrogens is 4. The van der Waals surface area contributed by atoms with Gasteiger partial charge in [0, 0.05) is 7.05 Å². The van der Waals surface area contributed by atoms with Gasteiger partial charge in [0.1, 0.15) is 0 Å². The number of hydrogen-bond donors (Lipinski definition) is 0. The molecular formula is C10H13BrMgN4O. The molecule has 1 unspecified atom stereocenters. The minimum atomic E-state index is -0.220. The van der Waals surface area contributed by atoms with Gasteiger partial charge in [-0.05, 0) is 10.4 Å². The fraction of sp³-hybridized carbons (Fsp3) is 0.400. The molecule has 17 heavy (non-hydrogen) atoms. The van der Waals surface area contributed by atoms with Gasteiger partial charge in [-0.25, -0.2) is 4.79 Å². The fourth-order valence-electron chi connectivity index (χ4n) is 1.50. The predicted octanol–water partition coefficient (Wildman–Crippen LogP) is -2.76. The summed E-state index contributed by atoms with van der Waals surface area (Å²) >= 11 is 0. The molecule has 0 saturated carbocycles. The molecule has 0 radical (unpaired) electrons. The molecule has 0 amide bonds. The van der Waals surface area contributed by atoms with Crippen molar-refractivity contribution in [2.24, 2.45) is 13.0 Å². The number of halogens is 1. The molecule has 1 aromatic rings. The van der Waals surface area contributed by atoms with Crippen LogP contribution < -0.4 is 22.7 Å². The van der Waals surface area contributed by atoms with Gasteiger partial charge in [0.15, 0.2) is 0 Å². The number of hydrogen-bond acceptors (Lipinski definition) is 3. The summed E-state index contributed by atoms with van der Waals surface area (Å²) in [6.45, 7) is 2.11. The molecule has 1 aromatic heterocycles. The first-order valence-electron chi connectivity index (χ1n) is 4.95. The monoisotopic (exact) mass is 308 g/mol. The van der Waals surface area contributed by atoms with E-state index in [1.54, 1.807) is 7.05 Å². The molecule has 0 saturated heterocycles. The Labute approximate surface area is 126 Å². The van der Waals surface area contributed by atoms with Crippen LogP contribution in [-0.4, -0.2) is 42.8 Å². The summed E-state index contributed by atoms with van der Waals surface area (Å²) in [5, 5.41) is 7.47. The minimum absolute atomic E-state index is 0. The number of allylic oxidation sites excluding steroid dienone is 4. The Morgan fingerprint density at radius 1 is 1.47 bits per heavy atom. The van der Waals surface area contributed by atoms with E-state index in [2.05, 4.69) is 23.4 Å². The van der Waals surface area contributed by atoms with Crippen molar-refractivity contribution < 1.29 is 17.0 Å². The molecule has 1 atom stereocenters. The van der Waals surface area contributed by atoms with Crippen molar-refractivity contribution >= 4 is 28.7 Å². The normalized spacial score (nSPS) is 17.5. The van der Waals surface area contributed by atoms with Crippen LogP contribution in [-0.2, 0) is 7.05 Å². The molecule has 0 aromatic carbocycles. The van der Waals surface area contributed by atoms with Gasteiger partial charge in [-0.1, -0.05) is 25.0 Å². The van der Waals surface area contributed by atoms with Gasteiger partial charge in [-0.3, -0.25) is 0 Å². The Balaban J connectivity index is 0.00000128. The summed E-state index contributed by atoms with van der Waals surface area (Å²) < 4.78 is 2.53. The van der Waals surface area contributed by atoms with Crippen molar-refractivity contribution in [2.45, 2.75) is 13.3 Å². The van der Waals surface area contributed by atoms with Gasteiger partial charge in [0.25, 0.3) is 0 Å². The zero-order valence-electron chi connectivity index (χ0n) is 9.88. The van der Waals surface area contributed by atoms with E-state index >= 15 is 0 Å². The molecule has 5 nitrogen and oxygen atoms in total. The van der Waals surface area contributed by atoms with E-state index in [0.29, 0.717) is 5.92 Å². The van der Waals surface area contributed by atoms with Crippen LogP contribution in [0.15, 0.2) is 23.0 Å². The maximum atomic E-state index is 11.6. The largest absolute Gasteiger partial charge is 2.00 e. The zero-order chi connectivity index (χ0) is 10.8. The van der Waals surface area contributed by atoms with E-state index in [1.165, 1.54) is 9.36 Å². The molecular weight excluding hydrogens is 296 g/mol. The zero-order valence-corrected chi connectivity index (χ0v) is 12.9. The topological polar surface area (TPSA) is 52.7 Å². The molecule has 1 aliphatic rings. The summed E-state index contributed by atoms with van der Waals surface area (Å²) in [4.78, 5) is 11.6. The number of tetrazole rings is 1. The molecule has 1 aliphatic carbocycles. The van der Waals surface area contributed by atoms with E-state index in [4.69, 9.17) is 0 Å². The number of nitrogens with zero attached hydrogens (tertiary/aromatic N) is 4. The Hall–Kier alpha value is -0.534. The third-order valence-electron chi connectivity index (χ3n) is 2.45. The molecule has 88 valence electrons. The Bertz CT molecular complexity index is 477. The average molecular weight is 309 g/mol. The van der Waals surface area contributed by atoms with Crippen molar-refractivity contribution in [3.05, 3.63) is 35.1 Å². The third-order valence-corrected chi connectivity index (χ3v) is 2.45. The summed E-state index contributed by atoms with van der Waals surface area (Å²) in [6, 6.07) is 0. The first-order chi connectivity index (χ1) is 7.22. The third kappa shape index (κ3) is 3.46. The SMILES string of the molecule is CCC1C=CC=C(n2nnn(C)c2=O)[CH-]1.[Br-].[Mg+2]. The first kappa shape index (κ1) is 16.5. The second-order valence-electron chi connectivity index (χ2n) is 3.51. The van der Waals surface area contributed by atoms with Crippen LogP contribution in [0.3, 0.4) is 0 Å². The van der Waals surface area contributed by atoms with Crippen molar-refractivity contribution in [3.8, 4) is 0 Å². The minimum Gasteiger partial charge on any atom is -1.00 e. The van der Waals surface area contributed by atoms with Crippen LogP contribution in [0.2, 0.25) is 0 Å². The van der Waals surface area contributed by atoms with Gasteiger partial charge in [-0.2, -0.15) is 21.9 Å². The Morgan fingerprint density at radius 2 is 2.18 bits per heavy atom. The molecule has 7 heteroatoms. The van der Waals surface area contributed by atoms with Crippen molar-refractivity contribution in [1.82, 2.24) is 19.8 Å². The van der Waals surface area contributed by atoms with E-state index < -0.39 is 0 Å². The van der Waals surface area contributed by atoms with Crippen LogP contribution in [0.1, 0.15) is 13.3 Å². The van der Waals surface area contributed by atoms with Gasteiger partial charge in [0.05, 0.1) is 0 Å². The van der Waals surface area contributed by atoms with Gasteiger partial charge < -0.3 is 17.0 Å². The molecule has 0 aliphatic heterocycles. The van der Waals surface area contributed by atoms with Crippen LogP contribution in [0.4, 0.5) is 0 Å². The molecule has 0 N–H and O–H groups in total. The van der Waals surface area contributed by atoms with Crippen LogP contribution in [0.25, 0.3) is 5.70 Å². The Morgan fingerprint density at radius 3 is 2.71 bits per heavy atom. The molecule has 1 heterocycles. The van der Waals surface area contributed by atoms with Gasteiger partial charge >= 0.3 is 28.7 Å². The fourth-order valence-corrected chi connectivity index (χ4v) is 1.50. The summed E-state index contributed by atoms with van der Waals surface area (Å²) in [5.41, 5.74) is 0.574. The van der Waals surface area contributed by atoms with Crippen LogP contribution >= 0.6 is 0 Å². The van der Waals surface area contributed by atoms with E-state index in [1.807, 2.05) is 18.6 Å². The summed E-state index contributed by atoms with van der Waals surface area (Å²) in [6.07, 6.45) is 8.96. The van der Waals surface area contributed by atoms with Crippen molar-refractivity contribution in [1.29, 1.82) is 0 Å². The average Bonchev–Trinajstić information content (AvgIpc) is 2.60. The van der Waals surface area contributed by atoms with Gasteiger partial charge in [0.2, 0.25) is 0 Å². The molecule has 0 spiro atoms. The first-order valence-corrected chi connectivity index (χ1v) is 4.95. The van der Waals surface area contributed by atoms with Crippen LogP contribution in [0, 0.1) is 12.3 Å². The van der Waals surface area contributed by atoms with E-state index in [0.717, 1.165) is 12.1 Å². The maximum absolute atomic E-state index is 11.6. The quantitative estimate of drug-likeness (QED) is 0.439. The maximum Gasteiger partial charge on any atom is 2.00 e.